The average Bonchev–Trinajstić information content (AvgIpc) is 2.32. The van der Waals surface area contributed by atoms with Crippen molar-refractivity contribution < 1.29 is 17.9 Å². The molecule has 0 aromatic heterocycles. The maximum absolute atomic E-state index is 12.4. The van der Waals surface area contributed by atoms with Crippen LogP contribution in [0.5, 0.6) is 5.75 Å². The number of halogens is 3. The molecule has 2 rings (SSSR count). The fourth-order valence-corrected chi connectivity index (χ4v) is 2.02. The molecule has 1 fully saturated rings. The summed E-state index contributed by atoms with van der Waals surface area (Å²) in [6.07, 6.45) is -2.35. The van der Waals surface area contributed by atoms with Crippen molar-refractivity contribution in [2.45, 2.75) is 25.1 Å². The van der Waals surface area contributed by atoms with Crippen LogP contribution in [-0.4, -0.2) is 31.1 Å². The fraction of sp³-hybridized carbons (Fsp3) is 0.538. The Kier molecular flexibility index (Phi) is 3.80. The third-order valence-corrected chi connectivity index (χ3v) is 3.15. The SMILES string of the molecule is CN1CCC(Oc2ccc(C(F)(F)F)cc2)CC1. The van der Waals surface area contributed by atoms with E-state index in [2.05, 4.69) is 4.90 Å². The molecule has 1 saturated heterocycles. The van der Waals surface area contributed by atoms with E-state index in [-0.39, 0.29) is 6.10 Å². The smallest absolute Gasteiger partial charge is 0.416 e. The Morgan fingerprint density at radius 3 is 2.17 bits per heavy atom. The van der Waals surface area contributed by atoms with Crippen molar-refractivity contribution in [3.63, 3.8) is 0 Å². The Morgan fingerprint density at radius 1 is 1.11 bits per heavy atom. The molecule has 0 saturated carbocycles. The van der Waals surface area contributed by atoms with E-state index in [0.29, 0.717) is 5.75 Å². The van der Waals surface area contributed by atoms with Crippen LogP contribution >= 0.6 is 0 Å². The van der Waals surface area contributed by atoms with Gasteiger partial charge < -0.3 is 9.64 Å². The Hall–Kier alpha value is -1.23. The zero-order valence-corrected chi connectivity index (χ0v) is 10.2. The van der Waals surface area contributed by atoms with Crippen LogP contribution in [0.2, 0.25) is 0 Å². The monoisotopic (exact) mass is 259 g/mol. The first-order chi connectivity index (χ1) is 8.45. The molecule has 1 aliphatic heterocycles. The zero-order chi connectivity index (χ0) is 13.2. The van der Waals surface area contributed by atoms with Crippen molar-refractivity contribution >= 4 is 0 Å². The van der Waals surface area contributed by atoms with E-state index in [9.17, 15) is 13.2 Å². The number of hydrogen-bond donors (Lipinski definition) is 0. The van der Waals surface area contributed by atoms with Crippen molar-refractivity contribution in [1.82, 2.24) is 4.90 Å². The van der Waals surface area contributed by atoms with E-state index in [4.69, 9.17) is 4.74 Å². The highest BCUT2D eigenvalue weighted by Gasteiger charge is 2.30. The molecule has 5 heteroatoms. The highest BCUT2D eigenvalue weighted by atomic mass is 19.4. The summed E-state index contributed by atoms with van der Waals surface area (Å²) in [6.45, 7) is 1.93. The molecule has 18 heavy (non-hydrogen) atoms. The Morgan fingerprint density at radius 2 is 1.67 bits per heavy atom. The molecular weight excluding hydrogens is 243 g/mol. The molecule has 1 aromatic carbocycles. The predicted molar refractivity (Wildman–Crippen MR) is 62.6 cm³/mol. The summed E-state index contributed by atoms with van der Waals surface area (Å²) in [6, 6.07) is 4.90. The Labute approximate surface area is 104 Å². The van der Waals surface area contributed by atoms with Crippen molar-refractivity contribution in [2.75, 3.05) is 20.1 Å². The van der Waals surface area contributed by atoms with Crippen molar-refractivity contribution in [3.8, 4) is 5.75 Å². The van der Waals surface area contributed by atoms with Crippen molar-refractivity contribution in [1.29, 1.82) is 0 Å². The van der Waals surface area contributed by atoms with E-state index < -0.39 is 11.7 Å². The van der Waals surface area contributed by atoms with Crippen LogP contribution in [0.3, 0.4) is 0 Å². The third kappa shape index (κ3) is 3.38. The van der Waals surface area contributed by atoms with Crippen LogP contribution in [0.1, 0.15) is 18.4 Å². The fourth-order valence-electron chi connectivity index (χ4n) is 2.02. The lowest BCUT2D eigenvalue weighted by Crippen LogP contribution is -2.35. The summed E-state index contributed by atoms with van der Waals surface area (Å²) in [5.41, 5.74) is -0.641. The second kappa shape index (κ2) is 5.18. The number of piperidine rings is 1. The molecule has 0 bridgehead atoms. The van der Waals surface area contributed by atoms with Gasteiger partial charge in [0.25, 0.3) is 0 Å². The van der Waals surface area contributed by atoms with Crippen LogP contribution in [0.25, 0.3) is 0 Å². The van der Waals surface area contributed by atoms with Crippen LogP contribution < -0.4 is 4.74 Å². The molecule has 0 unspecified atom stereocenters. The number of hydrogen-bond acceptors (Lipinski definition) is 2. The Bertz CT molecular complexity index is 380. The van der Waals surface area contributed by atoms with Gasteiger partial charge in [-0.1, -0.05) is 0 Å². The second-order valence-corrected chi connectivity index (χ2v) is 4.64. The first kappa shape index (κ1) is 13.2. The number of nitrogens with zero attached hydrogens (tertiary/aromatic N) is 1. The van der Waals surface area contributed by atoms with Gasteiger partial charge in [-0.25, -0.2) is 0 Å². The topological polar surface area (TPSA) is 12.5 Å². The standard InChI is InChI=1S/C13H16F3NO/c1-17-8-6-12(7-9-17)18-11-4-2-10(3-5-11)13(14,15)16/h2-5,12H,6-9H2,1H3. The van der Waals surface area contributed by atoms with Gasteiger partial charge in [0, 0.05) is 13.1 Å². The minimum atomic E-state index is -4.29. The van der Waals surface area contributed by atoms with Gasteiger partial charge in [-0.15, -0.1) is 0 Å². The number of benzene rings is 1. The highest BCUT2D eigenvalue weighted by molar-refractivity contribution is 5.29. The van der Waals surface area contributed by atoms with Gasteiger partial charge in [0.05, 0.1) is 5.56 Å². The summed E-state index contributed by atoms with van der Waals surface area (Å²) in [5.74, 6) is 0.512. The number of rotatable bonds is 2. The van der Waals surface area contributed by atoms with Gasteiger partial charge in [-0.05, 0) is 44.2 Å². The van der Waals surface area contributed by atoms with Crippen LogP contribution in [0, 0.1) is 0 Å². The first-order valence-corrected chi connectivity index (χ1v) is 5.97. The molecule has 1 heterocycles. The first-order valence-electron chi connectivity index (χ1n) is 5.97. The van der Waals surface area contributed by atoms with Crippen molar-refractivity contribution in [3.05, 3.63) is 29.8 Å². The predicted octanol–water partition coefficient (Wildman–Crippen LogP) is 3.18. The summed E-state index contributed by atoms with van der Waals surface area (Å²) in [4.78, 5) is 2.21. The number of alkyl halides is 3. The maximum Gasteiger partial charge on any atom is 0.416 e. The molecule has 0 amide bonds. The average molecular weight is 259 g/mol. The lowest BCUT2D eigenvalue weighted by Gasteiger charge is -2.29. The molecule has 0 atom stereocenters. The van der Waals surface area contributed by atoms with Gasteiger partial charge >= 0.3 is 6.18 Å². The summed E-state index contributed by atoms with van der Waals surface area (Å²) in [5, 5.41) is 0. The number of ether oxygens (including phenoxy) is 1. The van der Waals surface area contributed by atoms with E-state index in [0.717, 1.165) is 38.1 Å². The molecule has 2 nitrogen and oxygen atoms in total. The van der Waals surface area contributed by atoms with Crippen LogP contribution in [0.15, 0.2) is 24.3 Å². The van der Waals surface area contributed by atoms with Crippen LogP contribution in [0.4, 0.5) is 13.2 Å². The number of likely N-dealkylation sites (tertiary alicyclic amines) is 1. The summed E-state index contributed by atoms with van der Waals surface area (Å²) >= 11 is 0. The summed E-state index contributed by atoms with van der Waals surface area (Å²) < 4.78 is 42.8. The zero-order valence-electron chi connectivity index (χ0n) is 10.2. The van der Waals surface area contributed by atoms with Crippen molar-refractivity contribution in [2.24, 2.45) is 0 Å². The maximum atomic E-state index is 12.4. The van der Waals surface area contributed by atoms with Gasteiger partial charge in [-0.3, -0.25) is 0 Å². The molecular formula is C13H16F3NO. The Balaban J connectivity index is 1.94. The second-order valence-electron chi connectivity index (χ2n) is 4.64. The molecule has 0 radical (unpaired) electrons. The summed E-state index contributed by atoms with van der Waals surface area (Å²) in [7, 11) is 2.05. The normalized spacial score (nSPS) is 18.9. The molecule has 0 N–H and O–H groups in total. The molecule has 100 valence electrons. The molecule has 1 aromatic rings. The van der Waals surface area contributed by atoms with E-state index in [1.54, 1.807) is 0 Å². The van der Waals surface area contributed by atoms with Crippen LogP contribution in [-0.2, 0) is 6.18 Å². The van der Waals surface area contributed by atoms with E-state index in [1.807, 2.05) is 7.05 Å². The third-order valence-electron chi connectivity index (χ3n) is 3.15. The quantitative estimate of drug-likeness (QED) is 0.808. The molecule has 1 aliphatic rings. The lowest BCUT2D eigenvalue weighted by atomic mass is 10.1. The molecule has 0 spiro atoms. The van der Waals surface area contributed by atoms with Gasteiger partial charge in [0.2, 0.25) is 0 Å². The van der Waals surface area contributed by atoms with Gasteiger partial charge in [0.1, 0.15) is 11.9 Å². The minimum absolute atomic E-state index is 0.109. The minimum Gasteiger partial charge on any atom is -0.490 e. The molecule has 0 aliphatic carbocycles. The highest BCUT2D eigenvalue weighted by Crippen LogP contribution is 2.30. The van der Waals surface area contributed by atoms with Gasteiger partial charge in [-0.2, -0.15) is 13.2 Å². The van der Waals surface area contributed by atoms with E-state index in [1.165, 1.54) is 12.1 Å². The lowest BCUT2D eigenvalue weighted by molar-refractivity contribution is -0.137. The largest absolute Gasteiger partial charge is 0.490 e. The van der Waals surface area contributed by atoms with Gasteiger partial charge in [0.15, 0.2) is 0 Å². The van der Waals surface area contributed by atoms with E-state index >= 15 is 0 Å².